The van der Waals surface area contributed by atoms with Crippen LogP contribution in [0.25, 0.3) is 0 Å². The molecule has 9 heteroatoms. The van der Waals surface area contributed by atoms with E-state index in [-0.39, 0.29) is 23.8 Å². The molecule has 3 rings (SSSR count). The Labute approximate surface area is 180 Å². The highest BCUT2D eigenvalue weighted by molar-refractivity contribution is 7.89. The van der Waals surface area contributed by atoms with E-state index >= 15 is 0 Å². The van der Waals surface area contributed by atoms with Crippen LogP contribution in [0.4, 0.5) is 0 Å². The van der Waals surface area contributed by atoms with Gasteiger partial charge in [-0.15, -0.1) is 0 Å². The molecule has 2 N–H and O–H groups in total. The van der Waals surface area contributed by atoms with Gasteiger partial charge in [-0.2, -0.15) is 0 Å². The van der Waals surface area contributed by atoms with Gasteiger partial charge in [0.25, 0.3) is 0 Å². The monoisotopic (exact) mass is 445 g/mol. The lowest BCUT2D eigenvalue weighted by Crippen LogP contribution is -2.30. The predicted molar refractivity (Wildman–Crippen MR) is 114 cm³/mol. The van der Waals surface area contributed by atoms with Gasteiger partial charge in [-0.05, 0) is 42.0 Å². The van der Waals surface area contributed by atoms with Crippen molar-refractivity contribution in [2.75, 3.05) is 6.54 Å². The third-order valence-electron chi connectivity index (χ3n) is 4.00. The zero-order chi connectivity index (χ0) is 21.4. The van der Waals surface area contributed by atoms with Gasteiger partial charge in [0.1, 0.15) is 5.75 Å². The van der Waals surface area contributed by atoms with Gasteiger partial charge in [0.15, 0.2) is 0 Å². The minimum atomic E-state index is -3.72. The van der Waals surface area contributed by atoms with Crippen LogP contribution < -0.4 is 14.8 Å². The smallest absolute Gasteiger partial charge is 0.240 e. The molecule has 0 unspecified atom stereocenters. The second-order valence-corrected chi connectivity index (χ2v) is 8.50. The fraction of sp³-hybridized carbons (Fsp3) is 0.143. The van der Waals surface area contributed by atoms with E-state index in [1.807, 2.05) is 18.2 Å². The van der Waals surface area contributed by atoms with Gasteiger partial charge in [0.05, 0.1) is 4.90 Å². The number of pyridine rings is 1. The number of rotatable bonds is 9. The average molecular weight is 446 g/mol. The summed E-state index contributed by atoms with van der Waals surface area (Å²) in [5.41, 5.74) is 0.844. The molecule has 0 saturated heterocycles. The van der Waals surface area contributed by atoms with E-state index in [4.69, 9.17) is 16.3 Å². The van der Waals surface area contributed by atoms with E-state index in [2.05, 4.69) is 15.0 Å². The molecule has 1 amide bonds. The largest absolute Gasteiger partial charge is 0.439 e. The second kappa shape index (κ2) is 10.2. The Hall–Kier alpha value is -2.94. The number of aromatic nitrogens is 1. The molecule has 30 heavy (non-hydrogen) atoms. The lowest BCUT2D eigenvalue weighted by atomic mass is 10.2. The summed E-state index contributed by atoms with van der Waals surface area (Å²) in [5, 5.41) is 3.08. The van der Waals surface area contributed by atoms with Crippen molar-refractivity contribution in [1.29, 1.82) is 0 Å². The highest BCUT2D eigenvalue weighted by Gasteiger charge is 2.14. The van der Waals surface area contributed by atoms with Crippen LogP contribution in [0.3, 0.4) is 0 Å². The molecule has 0 radical (unpaired) electrons. The number of ether oxygens (including phenoxy) is 1. The van der Waals surface area contributed by atoms with Crippen LogP contribution in [-0.2, 0) is 21.4 Å². The Balaban J connectivity index is 1.46. The molecule has 0 aliphatic rings. The fourth-order valence-corrected chi connectivity index (χ4v) is 3.88. The Morgan fingerprint density at radius 3 is 2.63 bits per heavy atom. The van der Waals surface area contributed by atoms with Crippen LogP contribution in [0.5, 0.6) is 11.6 Å². The van der Waals surface area contributed by atoms with Crippen molar-refractivity contribution in [2.24, 2.45) is 0 Å². The maximum Gasteiger partial charge on any atom is 0.240 e. The molecule has 0 aliphatic heterocycles. The van der Waals surface area contributed by atoms with Gasteiger partial charge in [-0.25, -0.2) is 18.1 Å². The molecule has 0 fully saturated rings. The number of nitrogens with zero attached hydrogens (tertiary/aromatic N) is 1. The predicted octanol–water partition coefficient (Wildman–Crippen LogP) is 3.51. The van der Waals surface area contributed by atoms with Crippen molar-refractivity contribution < 1.29 is 17.9 Å². The molecule has 2 aromatic carbocycles. The number of hydrogen-bond donors (Lipinski definition) is 2. The van der Waals surface area contributed by atoms with Gasteiger partial charge in [-0.3, -0.25) is 4.79 Å². The number of benzene rings is 2. The number of halogens is 1. The van der Waals surface area contributed by atoms with Crippen molar-refractivity contribution in [2.45, 2.75) is 17.9 Å². The van der Waals surface area contributed by atoms with E-state index < -0.39 is 10.0 Å². The Kier molecular flexibility index (Phi) is 7.40. The SMILES string of the molecule is O=C(CCNS(=O)(=O)c1cccc(Cl)c1)NCc1cccc(Oc2ccccn2)c1. The van der Waals surface area contributed by atoms with Crippen molar-refractivity contribution >= 4 is 27.5 Å². The van der Waals surface area contributed by atoms with Crippen molar-refractivity contribution in [3.63, 3.8) is 0 Å². The maximum atomic E-state index is 12.2. The fourth-order valence-electron chi connectivity index (χ4n) is 2.55. The van der Waals surface area contributed by atoms with Gasteiger partial charge in [0, 0.05) is 36.8 Å². The highest BCUT2D eigenvalue weighted by Crippen LogP contribution is 2.20. The lowest BCUT2D eigenvalue weighted by Gasteiger charge is -2.09. The highest BCUT2D eigenvalue weighted by atomic mass is 35.5. The molecule has 1 aromatic heterocycles. The van der Waals surface area contributed by atoms with E-state index in [0.29, 0.717) is 23.2 Å². The van der Waals surface area contributed by atoms with Gasteiger partial charge in [-0.1, -0.05) is 35.9 Å². The van der Waals surface area contributed by atoms with E-state index in [0.717, 1.165) is 5.56 Å². The number of carbonyl (C=O) groups excluding carboxylic acids is 1. The minimum absolute atomic E-state index is 0.00389. The quantitative estimate of drug-likeness (QED) is 0.525. The van der Waals surface area contributed by atoms with Crippen LogP contribution in [0.2, 0.25) is 5.02 Å². The third-order valence-corrected chi connectivity index (χ3v) is 5.69. The summed E-state index contributed by atoms with van der Waals surface area (Å²) < 4.78 is 32.5. The molecule has 0 saturated carbocycles. The first-order chi connectivity index (χ1) is 14.4. The Morgan fingerprint density at radius 2 is 1.87 bits per heavy atom. The van der Waals surface area contributed by atoms with E-state index in [1.54, 1.807) is 42.6 Å². The molecule has 0 bridgehead atoms. The summed E-state index contributed by atoms with van der Waals surface area (Å²) >= 11 is 5.82. The van der Waals surface area contributed by atoms with Crippen molar-refractivity contribution in [3.8, 4) is 11.6 Å². The van der Waals surface area contributed by atoms with Crippen LogP contribution in [-0.4, -0.2) is 25.9 Å². The number of hydrogen-bond acceptors (Lipinski definition) is 5. The van der Waals surface area contributed by atoms with Crippen LogP contribution in [0.15, 0.2) is 77.8 Å². The summed E-state index contributed by atoms with van der Waals surface area (Å²) in [6, 6.07) is 18.6. The third kappa shape index (κ3) is 6.55. The van der Waals surface area contributed by atoms with E-state index in [9.17, 15) is 13.2 Å². The summed E-state index contributed by atoms with van der Waals surface area (Å²) in [7, 11) is -3.72. The summed E-state index contributed by atoms with van der Waals surface area (Å²) in [6.45, 7) is 0.267. The first-order valence-corrected chi connectivity index (χ1v) is 11.0. The van der Waals surface area contributed by atoms with Crippen LogP contribution >= 0.6 is 11.6 Å². The molecule has 0 atom stereocenters. The number of carbonyl (C=O) groups is 1. The lowest BCUT2D eigenvalue weighted by molar-refractivity contribution is -0.121. The van der Waals surface area contributed by atoms with Gasteiger partial charge in [0.2, 0.25) is 21.8 Å². The molecular formula is C21H20ClN3O4S. The molecular weight excluding hydrogens is 426 g/mol. The number of nitrogens with one attached hydrogen (secondary N) is 2. The van der Waals surface area contributed by atoms with Crippen molar-refractivity contribution in [1.82, 2.24) is 15.0 Å². The molecule has 0 spiro atoms. The first-order valence-electron chi connectivity index (χ1n) is 9.12. The normalized spacial score (nSPS) is 11.1. The molecule has 156 valence electrons. The molecule has 0 aliphatic carbocycles. The van der Waals surface area contributed by atoms with Crippen LogP contribution in [0.1, 0.15) is 12.0 Å². The van der Waals surface area contributed by atoms with Gasteiger partial charge < -0.3 is 10.1 Å². The van der Waals surface area contributed by atoms with Crippen LogP contribution in [0, 0.1) is 0 Å². The van der Waals surface area contributed by atoms with Crippen molar-refractivity contribution in [3.05, 3.63) is 83.5 Å². The average Bonchev–Trinajstić information content (AvgIpc) is 2.73. The molecule has 7 nitrogen and oxygen atoms in total. The second-order valence-electron chi connectivity index (χ2n) is 6.30. The molecule has 1 heterocycles. The number of amides is 1. The summed E-state index contributed by atoms with van der Waals surface area (Å²) in [5.74, 6) is 0.806. The Bertz CT molecular complexity index is 1110. The summed E-state index contributed by atoms with van der Waals surface area (Å²) in [4.78, 5) is 16.2. The zero-order valence-corrected chi connectivity index (χ0v) is 17.5. The number of sulfonamides is 1. The minimum Gasteiger partial charge on any atom is -0.439 e. The summed E-state index contributed by atoms with van der Waals surface area (Å²) in [6.07, 6.45) is 1.64. The Morgan fingerprint density at radius 1 is 1.03 bits per heavy atom. The first kappa shape index (κ1) is 21.8. The standard InChI is InChI=1S/C21H20ClN3O4S/c22-17-6-4-8-19(14-17)30(27,28)25-12-10-20(26)24-15-16-5-3-7-18(13-16)29-21-9-1-2-11-23-21/h1-9,11,13-14,25H,10,12,15H2,(H,24,26). The zero-order valence-electron chi connectivity index (χ0n) is 15.9. The topological polar surface area (TPSA) is 97.4 Å². The molecule has 3 aromatic rings. The van der Waals surface area contributed by atoms with E-state index in [1.165, 1.54) is 12.1 Å². The van der Waals surface area contributed by atoms with Gasteiger partial charge >= 0.3 is 0 Å². The maximum absolute atomic E-state index is 12.2.